The summed E-state index contributed by atoms with van der Waals surface area (Å²) in [7, 11) is 6.24. The van der Waals surface area contributed by atoms with E-state index in [0.29, 0.717) is 13.1 Å². The lowest BCUT2D eigenvalue weighted by Crippen LogP contribution is -2.32. The summed E-state index contributed by atoms with van der Waals surface area (Å²) in [6.07, 6.45) is -0.773. The Labute approximate surface area is 200 Å². The lowest BCUT2D eigenvalue weighted by atomic mass is 10.0. The van der Waals surface area contributed by atoms with Crippen LogP contribution in [0.15, 0.2) is 12.1 Å². The SMILES string of the molecule is CCOC(=O)c1nn(COC(=O)NCCN(C)C)nc1C(=O)c1cc(OC)c(OC)cc1[N+](=O)[O-]. The van der Waals surface area contributed by atoms with Gasteiger partial charge in [0.15, 0.2) is 17.2 Å². The molecule has 1 aromatic carbocycles. The summed E-state index contributed by atoms with van der Waals surface area (Å²) in [5.41, 5.74) is -2.06. The molecule has 0 aliphatic rings. The molecule has 0 bridgehead atoms. The largest absolute Gasteiger partial charge is 0.493 e. The Hall–Kier alpha value is -4.27. The number of likely N-dealkylation sites (N-methyl/N-ethyl adjacent to an activating group) is 1. The van der Waals surface area contributed by atoms with Crippen molar-refractivity contribution in [3.05, 3.63) is 39.2 Å². The fraction of sp³-hybridized carbons (Fsp3) is 0.450. The highest BCUT2D eigenvalue weighted by Gasteiger charge is 2.32. The molecule has 15 heteroatoms. The predicted octanol–water partition coefficient (Wildman–Crippen LogP) is 0.857. The minimum atomic E-state index is -0.998. The maximum absolute atomic E-state index is 13.3. The number of ketones is 1. The molecule has 0 radical (unpaired) electrons. The second kappa shape index (κ2) is 12.3. The molecule has 1 aromatic heterocycles. The topological polar surface area (TPSA) is 177 Å². The van der Waals surface area contributed by atoms with E-state index in [2.05, 4.69) is 15.5 Å². The second-order valence-corrected chi connectivity index (χ2v) is 7.09. The van der Waals surface area contributed by atoms with Crippen LogP contribution in [0.25, 0.3) is 0 Å². The molecule has 0 fully saturated rings. The van der Waals surface area contributed by atoms with Crippen LogP contribution in [0.5, 0.6) is 11.5 Å². The third-order valence-corrected chi connectivity index (χ3v) is 4.42. The van der Waals surface area contributed by atoms with Gasteiger partial charge in [-0.3, -0.25) is 14.9 Å². The van der Waals surface area contributed by atoms with E-state index < -0.39 is 52.1 Å². The van der Waals surface area contributed by atoms with Crippen LogP contribution in [0.1, 0.15) is 33.5 Å². The van der Waals surface area contributed by atoms with Crippen molar-refractivity contribution in [1.82, 2.24) is 25.2 Å². The number of rotatable bonds is 12. The van der Waals surface area contributed by atoms with Crippen molar-refractivity contribution in [2.24, 2.45) is 0 Å². The van der Waals surface area contributed by atoms with Crippen LogP contribution in [0.4, 0.5) is 10.5 Å². The molecule has 2 rings (SSSR count). The third kappa shape index (κ3) is 6.86. The summed E-state index contributed by atoms with van der Waals surface area (Å²) in [6, 6.07) is 2.11. The third-order valence-electron chi connectivity index (χ3n) is 4.42. The summed E-state index contributed by atoms with van der Waals surface area (Å²) in [4.78, 5) is 51.0. The Morgan fingerprint density at radius 2 is 1.71 bits per heavy atom. The molecular formula is C20H26N6O9. The lowest BCUT2D eigenvalue weighted by molar-refractivity contribution is -0.385. The molecule has 0 saturated carbocycles. The molecule has 35 heavy (non-hydrogen) atoms. The molecule has 190 valence electrons. The van der Waals surface area contributed by atoms with Crippen molar-refractivity contribution < 1.29 is 38.3 Å². The molecular weight excluding hydrogens is 468 g/mol. The van der Waals surface area contributed by atoms with Gasteiger partial charge in [-0.15, -0.1) is 15.0 Å². The number of nitro groups is 1. The van der Waals surface area contributed by atoms with E-state index in [-0.39, 0.29) is 18.1 Å². The molecule has 15 nitrogen and oxygen atoms in total. The van der Waals surface area contributed by atoms with Crippen molar-refractivity contribution in [2.75, 3.05) is 48.0 Å². The number of carbonyl (C=O) groups is 3. The van der Waals surface area contributed by atoms with Gasteiger partial charge < -0.3 is 29.2 Å². The molecule has 1 N–H and O–H groups in total. The fourth-order valence-electron chi connectivity index (χ4n) is 2.77. The number of ether oxygens (including phenoxy) is 4. The number of esters is 1. The van der Waals surface area contributed by atoms with Crippen molar-refractivity contribution >= 4 is 23.5 Å². The highest BCUT2D eigenvalue weighted by Crippen LogP contribution is 2.35. The van der Waals surface area contributed by atoms with Crippen molar-refractivity contribution in [3.8, 4) is 11.5 Å². The van der Waals surface area contributed by atoms with Gasteiger partial charge in [-0.1, -0.05) is 0 Å². The van der Waals surface area contributed by atoms with Crippen LogP contribution in [0.3, 0.4) is 0 Å². The smallest absolute Gasteiger partial charge is 0.409 e. The van der Waals surface area contributed by atoms with Gasteiger partial charge in [-0.05, 0) is 21.0 Å². The quantitative estimate of drug-likeness (QED) is 0.191. The average molecular weight is 494 g/mol. The van der Waals surface area contributed by atoms with E-state index in [9.17, 15) is 24.5 Å². The van der Waals surface area contributed by atoms with Gasteiger partial charge in [-0.25, -0.2) is 9.59 Å². The Morgan fingerprint density at radius 1 is 1.09 bits per heavy atom. The standard InChI is InChI=1S/C20H26N6O9/c1-6-34-19(28)17-16(22-25(23-17)11-35-20(29)21-7-8-24(2)3)18(27)12-9-14(32-4)15(33-5)10-13(12)26(30)31/h9-10H,6-8,11H2,1-5H3,(H,21,29). The van der Waals surface area contributed by atoms with E-state index in [1.165, 1.54) is 14.2 Å². The number of aromatic nitrogens is 3. The summed E-state index contributed by atoms with van der Waals surface area (Å²) in [6.45, 7) is 1.87. The number of nitrogens with one attached hydrogen (secondary N) is 1. The molecule has 0 aliphatic heterocycles. The number of benzene rings is 1. The first kappa shape index (κ1) is 27.0. The fourth-order valence-corrected chi connectivity index (χ4v) is 2.77. The number of methoxy groups -OCH3 is 2. The molecule has 0 aliphatic carbocycles. The van der Waals surface area contributed by atoms with Gasteiger partial charge >= 0.3 is 12.1 Å². The summed E-state index contributed by atoms with van der Waals surface area (Å²) in [5, 5.41) is 21.9. The molecule has 0 saturated heterocycles. The highest BCUT2D eigenvalue weighted by molar-refractivity contribution is 6.14. The van der Waals surface area contributed by atoms with E-state index in [1.807, 2.05) is 19.0 Å². The lowest BCUT2D eigenvalue weighted by Gasteiger charge is -2.10. The maximum atomic E-state index is 13.3. The maximum Gasteiger partial charge on any atom is 0.409 e. The number of hydrogen-bond acceptors (Lipinski definition) is 12. The van der Waals surface area contributed by atoms with Crippen molar-refractivity contribution in [3.63, 3.8) is 0 Å². The van der Waals surface area contributed by atoms with E-state index in [0.717, 1.165) is 16.9 Å². The van der Waals surface area contributed by atoms with Gasteiger partial charge in [-0.2, -0.15) is 0 Å². The first-order chi connectivity index (χ1) is 16.6. The molecule has 0 unspecified atom stereocenters. The predicted molar refractivity (Wildman–Crippen MR) is 119 cm³/mol. The molecule has 1 amide bonds. The monoisotopic (exact) mass is 494 g/mol. The van der Waals surface area contributed by atoms with Gasteiger partial charge in [0.1, 0.15) is 5.56 Å². The van der Waals surface area contributed by atoms with E-state index >= 15 is 0 Å². The molecule has 2 aromatic rings. The zero-order valence-electron chi connectivity index (χ0n) is 19.9. The van der Waals surface area contributed by atoms with Crippen molar-refractivity contribution in [2.45, 2.75) is 13.7 Å². The normalized spacial score (nSPS) is 10.6. The minimum absolute atomic E-state index is 0.0266. The zero-order chi connectivity index (χ0) is 26.1. The number of hydrogen-bond donors (Lipinski definition) is 1. The van der Waals surface area contributed by atoms with Gasteiger partial charge in [0.25, 0.3) is 5.69 Å². The first-order valence-corrected chi connectivity index (χ1v) is 10.3. The molecule has 1 heterocycles. The van der Waals surface area contributed by atoms with E-state index in [4.69, 9.17) is 18.9 Å². The van der Waals surface area contributed by atoms with Crippen LogP contribution in [-0.4, -0.2) is 90.7 Å². The van der Waals surface area contributed by atoms with Crippen LogP contribution in [-0.2, 0) is 16.2 Å². The minimum Gasteiger partial charge on any atom is -0.493 e. The summed E-state index contributed by atoms with van der Waals surface area (Å²) in [5.74, 6) is -1.91. The summed E-state index contributed by atoms with van der Waals surface area (Å²) < 4.78 is 20.1. The number of carbonyl (C=O) groups excluding carboxylic acids is 3. The van der Waals surface area contributed by atoms with Gasteiger partial charge in [0.2, 0.25) is 18.2 Å². The number of nitrogens with zero attached hydrogens (tertiary/aromatic N) is 5. The Kier molecular flexibility index (Phi) is 9.45. The zero-order valence-corrected chi connectivity index (χ0v) is 19.9. The summed E-state index contributed by atoms with van der Waals surface area (Å²) >= 11 is 0. The van der Waals surface area contributed by atoms with Crippen molar-refractivity contribution in [1.29, 1.82) is 0 Å². The highest BCUT2D eigenvalue weighted by atomic mass is 16.6. The van der Waals surface area contributed by atoms with Crippen LogP contribution < -0.4 is 14.8 Å². The molecule has 0 spiro atoms. The van der Waals surface area contributed by atoms with Crippen LogP contribution in [0.2, 0.25) is 0 Å². The number of amides is 1. The Bertz CT molecular complexity index is 1100. The number of alkyl carbamates (subject to hydrolysis) is 1. The number of nitro benzene ring substituents is 1. The first-order valence-electron chi connectivity index (χ1n) is 10.3. The Balaban J connectivity index is 2.40. The molecule has 0 atom stereocenters. The van der Waals surface area contributed by atoms with Gasteiger partial charge in [0.05, 0.1) is 31.8 Å². The average Bonchev–Trinajstić information content (AvgIpc) is 3.25. The van der Waals surface area contributed by atoms with E-state index in [1.54, 1.807) is 6.92 Å². The Morgan fingerprint density at radius 3 is 2.29 bits per heavy atom. The van der Waals surface area contributed by atoms with Crippen LogP contribution >= 0.6 is 0 Å². The van der Waals surface area contributed by atoms with Gasteiger partial charge in [0, 0.05) is 19.2 Å². The second-order valence-electron chi connectivity index (χ2n) is 7.09. The van der Waals surface area contributed by atoms with Crippen LogP contribution in [0, 0.1) is 10.1 Å².